The molecule has 0 saturated heterocycles. The lowest BCUT2D eigenvalue weighted by molar-refractivity contribution is -0.0137. The number of H-pyrrole nitrogens is 1. The van der Waals surface area contributed by atoms with Crippen LogP contribution in [0.2, 0.25) is 5.02 Å². The predicted molar refractivity (Wildman–Crippen MR) is 127 cm³/mol. The van der Waals surface area contributed by atoms with Crippen molar-refractivity contribution in [1.82, 2.24) is 4.98 Å². The molecule has 1 aliphatic carbocycles. The SMILES string of the molecule is CC1CC(C(C)(C)C)C(Cc2c(-c3ccc(Cl)cc3)c[nH]c2N)C(C(C)(C)C)C1. The normalized spacial score (nSPS) is 25.9. The Morgan fingerprint density at radius 1 is 0.966 bits per heavy atom. The van der Waals surface area contributed by atoms with Gasteiger partial charge in [0.2, 0.25) is 0 Å². The number of benzene rings is 1. The van der Waals surface area contributed by atoms with Crippen molar-refractivity contribution in [1.29, 1.82) is 0 Å². The minimum atomic E-state index is 0.286. The van der Waals surface area contributed by atoms with Crippen molar-refractivity contribution in [3.05, 3.63) is 41.0 Å². The highest BCUT2D eigenvalue weighted by atomic mass is 35.5. The van der Waals surface area contributed by atoms with Gasteiger partial charge in [0.25, 0.3) is 0 Å². The predicted octanol–water partition coefficient (Wildman–Crippen LogP) is 7.83. The zero-order valence-electron chi connectivity index (χ0n) is 19.3. The Labute approximate surface area is 182 Å². The third-order valence-corrected chi connectivity index (χ3v) is 7.44. The monoisotopic (exact) mass is 414 g/mol. The maximum absolute atomic E-state index is 6.48. The zero-order valence-corrected chi connectivity index (χ0v) is 20.0. The van der Waals surface area contributed by atoms with Crippen molar-refractivity contribution >= 4 is 17.4 Å². The van der Waals surface area contributed by atoms with Crippen LogP contribution in [0.4, 0.5) is 5.82 Å². The molecule has 1 heterocycles. The molecule has 3 rings (SSSR count). The van der Waals surface area contributed by atoms with Crippen molar-refractivity contribution in [3.8, 4) is 11.1 Å². The average molecular weight is 415 g/mol. The van der Waals surface area contributed by atoms with Crippen LogP contribution in [-0.4, -0.2) is 4.98 Å². The minimum absolute atomic E-state index is 0.286. The molecule has 3 heteroatoms. The van der Waals surface area contributed by atoms with Crippen molar-refractivity contribution in [2.75, 3.05) is 5.73 Å². The Balaban J connectivity index is 2.03. The summed E-state index contributed by atoms with van der Waals surface area (Å²) in [6.07, 6.45) is 5.71. The Bertz CT molecular complexity index is 796. The van der Waals surface area contributed by atoms with E-state index in [1.54, 1.807) is 0 Å². The smallest absolute Gasteiger partial charge is 0.104 e. The van der Waals surface area contributed by atoms with Crippen LogP contribution in [0.1, 0.15) is 66.9 Å². The van der Waals surface area contributed by atoms with E-state index in [1.165, 1.54) is 29.5 Å². The number of nitrogens with one attached hydrogen (secondary N) is 1. The number of aromatic amines is 1. The lowest BCUT2D eigenvalue weighted by Crippen LogP contribution is -2.44. The minimum Gasteiger partial charge on any atom is -0.385 e. The molecule has 2 atom stereocenters. The van der Waals surface area contributed by atoms with Gasteiger partial charge in [-0.1, -0.05) is 72.2 Å². The van der Waals surface area contributed by atoms with E-state index in [9.17, 15) is 0 Å². The fourth-order valence-corrected chi connectivity index (χ4v) is 5.81. The molecule has 2 aromatic rings. The Morgan fingerprint density at radius 3 is 1.97 bits per heavy atom. The molecule has 1 saturated carbocycles. The van der Waals surface area contributed by atoms with Gasteiger partial charge in [-0.15, -0.1) is 0 Å². The van der Waals surface area contributed by atoms with E-state index in [2.05, 4.69) is 71.8 Å². The highest BCUT2D eigenvalue weighted by Gasteiger charge is 2.45. The first kappa shape index (κ1) is 22.3. The summed E-state index contributed by atoms with van der Waals surface area (Å²) in [6, 6.07) is 8.11. The van der Waals surface area contributed by atoms with E-state index in [4.69, 9.17) is 17.3 Å². The molecule has 0 bridgehead atoms. The molecule has 1 fully saturated rings. The van der Waals surface area contributed by atoms with Crippen molar-refractivity contribution < 1.29 is 0 Å². The lowest BCUT2D eigenvalue weighted by Gasteiger charge is -2.51. The summed E-state index contributed by atoms with van der Waals surface area (Å²) >= 11 is 6.12. The molecule has 1 aliphatic rings. The first-order valence-corrected chi connectivity index (χ1v) is 11.5. The number of anilines is 1. The van der Waals surface area contributed by atoms with Gasteiger partial charge in [-0.25, -0.2) is 0 Å². The van der Waals surface area contributed by atoms with E-state index in [0.29, 0.717) is 17.8 Å². The Morgan fingerprint density at radius 2 is 1.48 bits per heavy atom. The van der Waals surface area contributed by atoms with Crippen LogP contribution < -0.4 is 5.73 Å². The second-order valence-corrected chi connectivity index (χ2v) is 11.9. The van der Waals surface area contributed by atoms with Gasteiger partial charge in [0, 0.05) is 22.3 Å². The Hall–Kier alpha value is -1.41. The van der Waals surface area contributed by atoms with Crippen molar-refractivity contribution in [3.63, 3.8) is 0 Å². The maximum atomic E-state index is 6.48. The molecule has 1 aromatic carbocycles. The average Bonchev–Trinajstić information content (AvgIpc) is 2.95. The third kappa shape index (κ3) is 4.85. The van der Waals surface area contributed by atoms with Crippen molar-refractivity contribution in [2.24, 2.45) is 34.5 Å². The molecule has 0 amide bonds. The summed E-state index contributed by atoms with van der Waals surface area (Å²) in [5, 5.41) is 0.765. The number of halogens is 1. The van der Waals surface area contributed by atoms with E-state index in [-0.39, 0.29) is 10.8 Å². The van der Waals surface area contributed by atoms with Gasteiger partial charge < -0.3 is 10.7 Å². The zero-order chi connectivity index (χ0) is 21.6. The lowest BCUT2D eigenvalue weighted by atomic mass is 9.54. The Kier molecular flexibility index (Phi) is 6.16. The summed E-state index contributed by atoms with van der Waals surface area (Å²) in [5.41, 5.74) is 10.7. The van der Waals surface area contributed by atoms with Crippen LogP contribution in [0, 0.1) is 34.5 Å². The molecular weight excluding hydrogens is 376 g/mol. The van der Waals surface area contributed by atoms with Gasteiger partial charge in [0.15, 0.2) is 0 Å². The second kappa shape index (κ2) is 8.02. The fourth-order valence-electron chi connectivity index (χ4n) is 5.68. The van der Waals surface area contributed by atoms with Crippen LogP contribution in [0.3, 0.4) is 0 Å². The number of nitrogen functional groups attached to an aromatic ring is 1. The third-order valence-electron chi connectivity index (χ3n) is 7.19. The standard InChI is InChI=1S/C26H39ClN2/c1-16-12-22(25(2,3)4)20(23(13-16)26(5,6)7)14-19-21(15-29-24(19)28)17-8-10-18(27)11-9-17/h8-11,15-16,20,22-23,29H,12-14,28H2,1-7H3. The number of hydrogen-bond acceptors (Lipinski definition) is 1. The van der Waals surface area contributed by atoms with Gasteiger partial charge in [0.1, 0.15) is 5.82 Å². The summed E-state index contributed by atoms with van der Waals surface area (Å²) in [4.78, 5) is 3.30. The maximum Gasteiger partial charge on any atom is 0.104 e. The van der Waals surface area contributed by atoms with Gasteiger partial charge in [0.05, 0.1) is 0 Å². The fraction of sp³-hybridized carbons (Fsp3) is 0.615. The molecule has 2 nitrogen and oxygen atoms in total. The number of hydrogen-bond donors (Lipinski definition) is 2. The van der Waals surface area contributed by atoms with Gasteiger partial charge in [-0.2, -0.15) is 0 Å². The molecular formula is C26H39ClN2. The first-order chi connectivity index (χ1) is 13.4. The highest BCUT2D eigenvalue weighted by Crippen LogP contribution is 2.53. The molecule has 29 heavy (non-hydrogen) atoms. The first-order valence-electron chi connectivity index (χ1n) is 11.1. The van der Waals surface area contributed by atoms with E-state index in [0.717, 1.165) is 23.2 Å². The van der Waals surface area contributed by atoms with E-state index < -0.39 is 0 Å². The molecule has 3 N–H and O–H groups in total. The van der Waals surface area contributed by atoms with Crippen LogP contribution in [0.15, 0.2) is 30.5 Å². The quantitative estimate of drug-likeness (QED) is 0.527. The number of aromatic nitrogens is 1. The van der Waals surface area contributed by atoms with Crippen molar-refractivity contribution in [2.45, 2.75) is 67.7 Å². The molecule has 160 valence electrons. The largest absolute Gasteiger partial charge is 0.385 e. The second-order valence-electron chi connectivity index (χ2n) is 11.5. The molecule has 0 aliphatic heterocycles. The van der Waals surface area contributed by atoms with Crippen LogP contribution >= 0.6 is 11.6 Å². The van der Waals surface area contributed by atoms with E-state index >= 15 is 0 Å². The highest BCUT2D eigenvalue weighted by molar-refractivity contribution is 6.30. The molecule has 1 aromatic heterocycles. The van der Waals surface area contributed by atoms with Gasteiger partial charge >= 0.3 is 0 Å². The van der Waals surface area contributed by atoms with Crippen LogP contribution in [0.5, 0.6) is 0 Å². The number of rotatable bonds is 3. The van der Waals surface area contributed by atoms with Crippen LogP contribution in [0.25, 0.3) is 11.1 Å². The molecule has 2 unspecified atom stereocenters. The van der Waals surface area contributed by atoms with Gasteiger partial charge in [-0.05, 0) is 71.5 Å². The molecule has 0 radical (unpaired) electrons. The summed E-state index contributed by atoms with van der Waals surface area (Å²) in [7, 11) is 0. The summed E-state index contributed by atoms with van der Waals surface area (Å²) in [5.74, 6) is 3.58. The summed E-state index contributed by atoms with van der Waals surface area (Å²) in [6.45, 7) is 17.0. The van der Waals surface area contributed by atoms with Gasteiger partial charge in [-0.3, -0.25) is 0 Å². The summed E-state index contributed by atoms with van der Waals surface area (Å²) < 4.78 is 0. The topological polar surface area (TPSA) is 41.8 Å². The molecule has 0 spiro atoms. The number of nitrogens with two attached hydrogens (primary N) is 1. The van der Waals surface area contributed by atoms with E-state index in [1.807, 2.05) is 12.1 Å². The van der Waals surface area contributed by atoms with Crippen LogP contribution in [-0.2, 0) is 6.42 Å².